The minimum atomic E-state index is -0.724. The average Bonchev–Trinajstić information content (AvgIpc) is 2.94. The van der Waals surface area contributed by atoms with Crippen molar-refractivity contribution in [1.82, 2.24) is 0 Å². The molecule has 0 saturated heterocycles. The number of furan rings is 1. The molecule has 5 heteroatoms. The van der Waals surface area contributed by atoms with Crippen LogP contribution in [0.2, 0.25) is 0 Å². The number of rotatable bonds is 5. The molecule has 0 aliphatic rings. The molecule has 2 N–H and O–H groups in total. The van der Waals surface area contributed by atoms with E-state index in [4.69, 9.17) is 9.68 Å². The number of nitriles is 1. The van der Waals surface area contributed by atoms with E-state index in [1.807, 2.05) is 13.0 Å². The Morgan fingerprint density at radius 3 is 2.90 bits per heavy atom. The first kappa shape index (κ1) is 14.1. The van der Waals surface area contributed by atoms with Gasteiger partial charge in [-0.25, -0.2) is 4.39 Å². The van der Waals surface area contributed by atoms with Crippen molar-refractivity contribution in [2.24, 2.45) is 0 Å². The lowest BCUT2D eigenvalue weighted by atomic mass is 10.1. The molecule has 1 heterocycles. The minimum Gasteiger partial charge on any atom is -0.467 e. The summed E-state index contributed by atoms with van der Waals surface area (Å²) in [4.78, 5) is 0. The standard InChI is InChI=1S/C15H15FN2O2/c1-10(7-14(19)15-3-2-6-20-15)18-13-5-4-12(16)8-11(13)9-17/h2-6,8,10,14,18-19H,7H2,1H3/t10-,14+/m1/s1. The molecule has 1 aromatic heterocycles. The van der Waals surface area contributed by atoms with Crippen molar-refractivity contribution < 1.29 is 13.9 Å². The topological polar surface area (TPSA) is 69.2 Å². The first-order chi connectivity index (χ1) is 9.60. The summed E-state index contributed by atoms with van der Waals surface area (Å²) in [6.07, 6.45) is 1.19. The van der Waals surface area contributed by atoms with E-state index in [-0.39, 0.29) is 11.6 Å². The highest BCUT2D eigenvalue weighted by atomic mass is 19.1. The fourth-order valence-corrected chi connectivity index (χ4v) is 1.99. The van der Waals surface area contributed by atoms with Crippen LogP contribution in [-0.2, 0) is 0 Å². The maximum absolute atomic E-state index is 13.0. The van der Waals surface area contributed by atoms with Gasteiger partial charge in [-0.2, -0.15) is 5.26 Å². The second kappa shape index (κ2) is 6.22. The Kier molecular flexibility index (Phi) is 4.38. The van der Waals surface area contributed by atoms with Crippen molar-refractivity contribution in [1.29, 1.82) is 5.26 Å². The summed E-state index contributed by atoms with van der Waals surface area (Å²) in [6.45, 7) is 1.87. The van der Waals surface area contributed by atoms with E-state index < -0.39 is 11.9 Å². The van der Waals surface area contributed by atoms with E-state index >= 15 is 0 Å². The van der Waals surface area contributed by atoms with Gasteiger partial charge < -0.3 is 14.8 Å². The average molecular weight is 274 g/mol. The molecule has 104 valence electrons. The summed E-state index contributed by atoms with van der Waals surface area (Å²) in [6, 6.07) is 9.24. The van der Waals surface area contributed by atoms with Crippen LogP contribution >= 0.6 is 0 Å². The van der Waals surface area contributed by atoms with Crippen LogP contribution in [0.5, 0.6) is 0 Å². The van der Waals surface area contributed by atoms with Gasteiger partial charge in [-0.3, -0.25) is 0 Å². The molecule has 20 heavy (non-hydrogen) atoms. The maximum Gasteiger partial charge on any atom is 0.132 e. The Morgan fingerprint density at radius 1 is 1.45 bits per heavy atom. The summed E-state index contributed by atoms with van der Waals surface area (Å²) >= 11 is 0. The molecule has 0 spiro atoms. The molecule has 1 aromatic carbocycles. The Bertz CT molecular complexity index is 605. The van der Waals surface area contributed by atoms with E-state index in [1.54, 1.807) is 12.1 Å². The molecule has 0 aliphatic carbocycles. The molecule has 0 unspecified atom stereocenters. The lowest BCUT2D eigenvalue weighted by molar-refractivity contribution is 0.136. The summed E-state index contributed by atoms with van der Waals surface area (Å²) < 4.78 is 18.2. The third-order valence-electron chi connectivity index (χ3n) is 2.95. The quantitative estimate of drug-likeness (QED) is 0.878. The normalized spacial score (nSPS) is 13.5. The third-order valence-corrected chi connectivity index (χ3v) is 2.95. The van der Waals surface area contributed by atoms with Gasteiger partial charge >= 0.3 is 0 Å². The minimum absolute atomic E-state index is 0.104. The molecule has 2 atom stereocenters. The first-order valence-corrected chi connectivity index (χ1v) is 6.28. The van der Waals surface area contributed by atoms with Crippen molar-refractivity contribution in [3.8, 4) is 6.07 Å². The molecule has 0 aliphatic heterocycles. The van der Waals surface area contributed by atoms with Crippen LogP contribution in [0.1, 0.15) is 30.8 Å². The van der Waals surface area contributed by atoms with Crippen LogP contribution in [0.4, 0.5) is 10.1 Å². The zero-order valence-electron chi connectivity index (χ0n) is 11.0. The lowest BCUT2D eigenvalue weighted by Gasteiger charge is -2.18. The van der Waals surface area contributed by atoms with Crippen molar-refractivity contribution in [3.63, 3.8) is 0 Å². The SMILES string of the molecule is C[C@H](C[C@H](O)c1ccco1)Nc1ccc(F)cc1C#N. The highest BCUT2D eigenvalue weighted by Gasteiger charge is 2.15. The fraction of sp³-hybridized carbons (Fsp3) is 0.267. The van der Waals surface area contributed by atoms with E-state index in [1.165, 1.54) is 24.5 Å². The highest BCUT2D eigenvalue weighted by Crippen LogP contribution is 2.22. The van der Waals surface area contributed by atoms with Gasteiger partial charge in [-0.1, -0.05) is 0 Å². The van der Waals surface area contributed by atoms with Gasteiger partial charge in [0, 0.05) is 12.5 Å². The second-order valence-corrected chi connectivity index (χ2v) is 4.61. The number of aliphatic hydroxyl groups excluding tert-OH is 1. The predicted molar refractivity (Wildman–Crippen MR) is 72.5 cm³/mol. The van der Waals surface area contributed by atoms with Gasteiger partial charge in [-0.05, 0) is 37.3 Å². The summed E-state index contributed by atoms with van der Waals surface area (Å²) in [5, 5.41) is 22.0. The van der Waals surface area contributed by atoms with Crippen molar-refractivity contribution in [3.05, 3.63) is 53.7 Å². The molecule has 0 fully saturated rings. The van der Waals surface area contributed by atoms with Crippen LogP contribution in [0.15, 0.2) is 41.0 Å². The molecular formula is C15H15FN2O2. The van der Waals surface area contributed by atoms with Crippen molar-refractivity contribution in [2.45, 2.75) is 25.5 Å². The molecule has 2 rings (SSSR count). The number of halogens is 1. The van der Waals surface area contributed by atoms with Gasteiger partial charge in [0.15, 0.2) is 0 Å². The van der Waals surface area contributed by atoms with Crippen LogP contribution in [-0.4, -0.2) is 11.1 Å². The lowest BCUT2D eigenvalue weighted by Crippen LogP contribution is -2.19. The summed E-state index contributed by atoms with van der Waals surface area (Å²) in [5.74, 6) is 0.0497. The number of nitrogens with zero attached hydrogens (tertiary/aromatic N) is 1. The van der Waals surface area contributed by atoms with Gasteiger partial charge in [0.2, 0.25) is 0 Å². The molecule has 0 radical (unpaired) electrons. The van der Waals surface area contributed by atoms with Crippen LogP contribution < -0.4 is 5.32 Å². The Hall–Kier alpha value is -2.32. The predicted octanol–water partition coefficient (Wildman–Crippen LogP) is 3.21. The molecule has 2 aromatic rings. The molecule has 0 bridgehead atoms. The monoisotopic (exact) mass is 274 g/mol. The fourth-order valence-electron chi connectivity index (χ4n) is 1.99. The van der Waals surface area contributed by atoms with Crippen LogP contribution in [0, 0.1) is 17.1 Å². The number of hydrogen-bond acceptors (Lipinski definition) is 4. The summed E-state index contributed by atoms with van der Waals surface area (Å²) in [7, 11) is 0. The smallest absolute Gasteiger partial charge is 0.132 e. The molecule has 4 nitrogen and oxygen atoms in total. The van der Waals surface area contributed by atoms with Crippen LogP contribution in [0.3, 0.4) is 0 Å². The molecule has 0 amide bonds. The van der Waals surface area contributed by atoms with Crippen LogP contribution in [0.25, 0.3) is 0 Å². The van der Waals surface area contributed by atoms with Crippen molar-refractivity contribution >= 4 is 5.69 Å². The Labute approximate surface area is 116 Å². The van der Waals surface area contributed by atoms with E-state index in [9.17, 15) is 9.50 Å². The highest BCUT2D eigenvalue weighted by molar-refractivity contribution is 5.57. The number of aliphatic hydroxyl groups is 1. The Morgan fingerprint density at radius 2 is 2.25 bits per heavy atom. The zero-order chi connectivity index (χ0) is 14.5. The largest absolute Gasteiger partial charge is 0.467 e. The second-order valence-electron chi connectivity index (χ2n) is 4.61. The van der Waals surface area contributed by atoms with E-state index in [2.05, 4.69) is 5.32 Å². The number of hydrogen-bond donors (Lipinski definition) is 2. The van der Waals surface area contributed by atoms with Gasteiger partial charge in [-0.15, -0.1) is 0 Å². The number of nitrogens with one attached hydrogen (secondary N) is 1. The van der Waals surface area contributed by atoms with E-state index in [0.717, 1.165) is 0 Å². The Balaban J connectivity index is 2.01. The maximum atomic E-state index is 13.0. The molecule has 0 saturated carbocycles. The third kappa shape index (κ3) is 3.37. The van der Waals surface area contributed by atoms with Crippen molar-refractivity contribution in [2.75, 3.05) is 5.32 Å². The first-order valence-electron chi connectivity index (χ1n) is 6.28. The number of anilines is 1. The molecular weight excluding hydrogens is 259 g/mol. The van der Waals surface area contributed by atoms with Gasteiger partial charge in [0.1, 0.15) is 23.8 Å². The summed E-state index contributed by atoms with van der Waals surface area (Å²) in [5.41, 5.74) is 0.789. The van der Waals surface area contributed by atoms with Gasteiger partial charge in [0.05, 0.1) is 17.5 Å². The zero-order valence-corrected chi connectivity index (χ0v) is 11.0. The van der Waals surface area contributed by atoms with Gasteiger partial charge in [0.25, 0.3) is 0 Å². The number of benzene rings is 1. The van der Waals surface area contributed by atoms with E-state index in [0.29, 0.717) is 17.9 Å².